The lowest BCUT2D eigenvalue weighted by Gasteiger charge is -2.27. The molecule has 0 bridgehead atoms. The van der Waals surface area contributed by atoms with E-state index in [0.29, 0.717) is 19.0 Å². The van der Waals surface area contributed by atoms with E-state index in [1.165, 1.54) is 0 Å². The van der Waals surface area contributed by atoms with Gasteiger partial charge in [0.05, 0.1) is 6.54 Å². The zero-order valence-electron chi connectivity index (χ0n) is 10.4. The van der Waals surface area contributed by atoms with Crippen LogP contribution in [0.15, 0.2) is 4.99 Å². The highest BCUT2D eigenvalue weighted by Gasteiger charge is 2.28. The Bertz CT molecular complexity index is 303. The van der Waals surface area contributed by atoms with Crippen LogP contribution in [0.3, 0.4) is 0 Å². The van der Waals surface area contributed by atoms with Crippen LogP contribution in [0, 0.1) is 5.92 Å². The number of aliphatic imine (C=N–C) groups is 1. The molecule has 104 valence electrons. The van der Waals surface area contributed by atoms with Gasteiger partial charge in [0.1, 0.15) is 0 Å². The van der Waals surface area contributed by atoms with Gasteiger partial charge in [0.15, 0.2) is 5.96 Å². The highest BCUT2D eigenvalue weighted by Crippen LogP contribution is 2.28. The van der Waals surface area contributed by atoms with E-state index in [9.17, 15) is 4.79 Å². The zero-order valence-corrected chi connectivity index (χ0v) is 13.6. The van der Waals surface area contributed by atoms with E-state index in [0.717, 1.165) is 37.4 Å². The summed E-state index contributed by atoms with van der Waals surface area (Å²) in [6.07, 6.45) is 2.09. The first-order valence-electron chi connectivity index (χ1n) is 6.17. The zero-order chi connectivity index (χ0) is 12.1. The third-order valence-corrected chi connectivity index (χ3v) is 3.91. The summed E-state index contributed by atoms with van der Waals surface area (Å²) < 4.78 is 0. The quantitative estimate of drug-likeness (QED) is 0.321. The first-order chi connectivity index (χ1) is 8.27. The summed E-state index contributed by atoms with van der Waals surface area (Å²) in [5, 5.41) is 2.88. The molecule has 2 fully saturated rings. The monoisotopic (exact) mass is 384 g/mol. The minimum atomic E-state index is 0. The number of nitrogens with zero attached hydrogens (tertiary/aromatic N) is 2. The lowest BCUT2D eigenvalue weighted by molar-refractivity contribution is -0.122. The summed E-state index contributed by atoms with van der Waals surface area (Å²) in [5.41, 5.74) is 5.89. The van der Waals surface area contributed by atoms with Crippen molar-refractivity contribution >= 4 is 47.6 Å². The Hall–Kier alpha value is -0.180. The molecular formula is C11H21IN4OS. The predicted molar refractivity (Wildman–Crippen MR) is 86.5 cm³/mol. The van der Waals surface area contributed by atoms with Crippen LogP contribution in [-0.2, 0) is 4.79 Å². The van der Waals surface area contributed by atoms with E-state index in [-0.39, 0.29) is 35.8 Å². The molecule has 0 aromatic heterocycles. The molecule has 5 nitrogen and oxygen atoms in total. The molecule has 1 heterocycles. The predicted octanol–water partition coefficient (Wildman–Crippen LogP) is 0.494. The van der Waals surface area contributed by atoms with Gasteiger partial charge in [-0.15, -0.1) is 24.0 Å². The number of hydrogen-bond acceptors (Lipinski definition) is 3. The molecule has 7 heteroatoms. The molecule has 2 aliphatic rings. The first-order valence-corrected chi connectivity index (χ1v) is 7.33. The van der Waals surface area contributed by atoms with Crippen LogP contribution in [0.4, 0.5) is 0 Å². The van der Waals surface area contributed by atoms with Gasteiger partial charge in [-0.2, -0.15) is 11.8 Å². The molecule has 0 aromatic rings. The van der Waals surface area contributed by atoms with Crippen molar-refractivity contribution in [2.75, 3.05) is 37.7 Å². The van der Waals surface area contributed by atoms with Crippen LogP contribution < -0.4 is 11.1 Å². The summed E-state index contributed by atoms with van der Waals surface area (Å²) in [6.45, 7) is 3.13. The number of thioether (sulfide) groups is 1. The van der Waals surface area contributed by atoms with E-state index >= 15 is 0 Å². The fourth-order valence-corrected chi connectivity index (χ4v) is 2.63. The molecule has 0 spiro atoms. The Morgan fingerprint density at radius 1 is 1.39 bits per heavy atom. The maximum atomic E-state index is 11.3. The van der Waals surface area contributed by atoms with Crippen LogP contribution in [0.1, 0.15) is 12.8 Å². The van der Waals surface area contributed by atoms with Crippen LogP contribution in [-0.4, -0.2) is 54.5 Å². The van der Waals surface area contributed by atoms with Crippen molar-refractivity contribution in [3.63, 3.8) is 0 Å². The Balaban J connectivity index is 0.00000162. The number of amides is 1. The lowest BCUT2D eigenvalue weighted by atomic mass is 10.4. The van der Waals surface area contributed by atoms with Crippen molar-refractivity contribution < 1.29 is 4.79 Å². The van der Waals surface area contributed by atoms with Gasteiger partial charge in [0, 0.05) is 37.1 Å². The van der Waals surface area contributed by atoms with Gasteiger partial charge >= 0.3 is 0 Å². The highest BCUT2D eigenvalue weighted by molar-refractivity contribution is 14.0. The Morgan fingerprint density at radius 3 is 2.67 bits per heavy atom. The topological polar surface area (TPSA) is 70.7 Å². The standard InChI is InChI=1S/C11H20N4OS.HI/c12-11(15-5-7-17-8-6-15)14-4-3-13-10(16)9-1-2-9;/h9H,1-8H2,(H2,12,14)(H,13,16);1H. The van der Waals surface area contributed by atoms with Crippen molar-refractivity contribution in [3.8, 4) is 0 Å². The minimum absolute atomic E-state index is 0. The van der Waals surface area contributed by atoms with Crippen LogP contribution in [0.5, 0.6) is 0 Å². The average molecular weight is 384 g/mol. The maximum Gasteiger partial charge on any atom is 0.223 e. The van der Waals surface area contributed by atoms with Crippen LogP contribution >= 0.6 is 35.7 Å². The summed E-state index contributed by atoms with van der Waals surface area (Å²) in [7, 11) is 0. The molecule has 18 heavy (non-hydrogen) atoms. The SMILES string of the molecule is I.NC(=NCCNC(=O)C1CC1)N1CCSCC1. The third-order valence-electron chi connectivity index (χ3n) is 2.97. The number of carbonyl (C=O) groups excluding carboxylic acids is 1. The number of nitrogens with one attached hydrogen (secondary N) is 1. The van der Waals surface area contributed by atoms with Gasteiger partial charge in [-0.25, -0.2) is 0 Å². The number of hydrogen-bond donors (Lipinski definition) is 2. The molecule has 0 atom stereocenters. The van der Waals surface area contributed by atoms with Gasteiger partial charge in [-0.05, 0) is 12.8 Å². The van der Waals surface area contributed by atoms with Gasteiger partial charge in [0.25, 0.3) is 0 Å². The Labute approximate surface area is 129 Å². The van der Waals surface area contributed by atoms with E-state index in [4.69, 9.17) is 5.73 Å². The minimum Gasteiger partial charge on any atom is -0.370 e. The fourth-order valence-electron chi connectivity index (χ4n) is 1.73. The second-order valence-electron chi connectivity index (χ2n) is 4.40. The molecular weight excluding hydrogens is 363 g/mol. The van der Waals surface area contributed by atoms with E-state index < -0.39 is 0 Å². The van der Waals surface area contributed by atoms with Crippen molar-refractivity contribution in [3.05, 3.63) is 0 Å². The second kappa shape index (κ2) is 8.08. The van der Waals surface area contributed by atoms with E-state index in [1.807, 2.05) is 11.8 Å². The van der Waals surface area contributed by atoms with Gasteiger partial charge in [-0.3, -0.25) is 9.79 Å². The van der Waals surface area contributed by atoms with E-state index in [1.54, 1.807) is 0 Å². The Kier molecular flexibility index (Phi) is 7.13. The van der Waals surface area contributed by atoms with Crippen molar-refractivity contribution in [2.24, 2.45) is 16.6 Å². The smallest absolute Gasteiger partial charge is 0.223 e. The first kappa shape index (κ1) is 15.9. The third kappa shape index (κ3) is 5.21. The number of carbonyl (C=O) groups is 1. The van der Waals surface area contributed by atoms with Crippen LogP contribution in [0.25, 0.3) is 0 Å². The molecule has 0 unspecified atom stereocenters. The van der Waals surface area contributed by atoms with Crippen molar-refractivity contribution in [1.82, 2.24) is 10.2 Å². The largest absolute Gasteiger partial charge is 0.370 e. The summed E-state index contributed by atoms with van der Waals surface area (Å²) >= 11 is 1.95. The molecule has 0 aromatic carbocycles. The molecule has 1 amide bonds. The van der Waals surface area contributed by atoms with Gasteiger partial charge in [0.2, 0.25) is 5.91 Å². The number of nitrogens with two attached hydrogens (primary N) is 1. The number of rotatable bonds is 4. The highest BCUT2D eigenvalue weighted by atomic mass is 127. The summed E-state index contributed by atoms with van der Waals surface area (Å²) in [5.74, 6) is 3.30. The number of guanidine groups is 1. The molecule has 3 N–H and O–H groups in total. The molecule has 1 saturated heterocycles. The summed E-state index contributed by atoms with van der Waals surface area (Å²) in [6, 6.07) is 0. The average Bonchev–Trinajstić information content (AvgIpc) is 3.19. The number of halogens is 1. The van der Waals surface area contributed by atoms with Crippen LogP contribution in [0.2, 0.25) is 0 Å². The molecule has 1 saturated carbocycles. The van der Waals surface area contributed by atoms with Crippen molar-refractivity contribution in [1.29, 1.82) is 0 Å². The fraction of sp³-hybridized carbons (Fsp3) is 0.818. The maximum absolute atomic E-state index is 11.3. The summed E-state index contributed by atoms with van der Waals surface area (Å²) in [4.78, 5) is 17.8. The van der Waals surface area contributed by atoms with Gasteiger partial charge in [-0.1, -0.05) is 0 Å². The van der Waals surface area contributed by atoms with E-state index in [2.05, 4.69) is 15.2 Å². The van der Waals surface area contributed by atoms with Gasteiger partial charge < -0.3 is 16.0 Å². The lowest BCUT2D eigenvalue weighted by Crippen LogP contribution is -2.43. The molecule has 1 aliphatic carbocycles. The Morgan fingerprint density at radius 2 is 2.06 bits per heavy atom. The molecule has 1 aliphatic heterocycles. The molecule has 2 rings (SSSR count). The normalized spacial score (nSPS) is 20.2. The van der Waals surface area contributed by atoms with Crippen molar-refractivity contribution in [2.45, 2.75) is 12.8 Å². The second-order valence-corrected chi connectivity index (χ2v) is 5.63. The molecule has 0 radical (unpaired) electrons.